The Morgan fingerprint density at radius 1 is 1.26 bits per heavy atom. The molecule has 1 aliphatic carbocycles. The molecule has 1 atom stereocenters. The molecule has 0 aliphatic heterocycles. The number of nitrogens with one attached hydrogen (secondary N) is 1. The molecular formula is C14H14F2N2S. The molecule has 0 amide bonds. The summed E-state index contributed by atoms with van der Waals surface area (Å²) >= 11 is 1.55. The first-order chi connectivity index (χ1) is 9.24. The Kier molecular flexibility index (Phi) is 3.57. The van der Waals surface area contributed by atoms with Crippen LogP contribution in [0.2, 0.25) is 0 Å². The first-order valence-electron chi connectivity index (χ1n) is 6.27. The SMILES string of the molecule is FC(F)c1cccc(C(NC2CC2)c2nccs2)c1. The van der Waals surface area contributed by atoms with E-state index in [0.29, 0.717) is 6.04 Å². The van der Waals surface area contributed by atoms with Crippen LogP contribution in [0.4, 0.5) is 8.78 Å². The molecule has 1 N–H and O–H groups in total. The quantitative estimate of drug-likeness (QED) is 0.898. The number of hydrogen-bond acceptors (Lipinski definition) is 3. The van der Waals surface area contributed by atoms with Crippen molar-refractivity contribution in [3.8, 4) is 0 Å². The minimum atomic E-state index is -2.43. The summed E-state index contributed by atoms with van der Waals surface area (Å²) in [5.74, 6) is 0. The summed E-state index contributed by atoms with van der Waals surface area (Å²) in [5, 5.41) is 6.32. The molecule has 2 nitrogen and oxygen atoms in total. The Morgan fingerprint density at radius 3 is 2.68 bits per heavy atom. The fourth-order valence-electron chi connectivity index (χ4n) is 2.05. The molecule has 0 radical (unpaired) electrons. The van der Waals surface area contributed by atoms with E-state index in [-0.39, 0.29) is 11.6 Å². The van der Waals surface area contributed by atoms with Crippen LogP contribution in [-0.4, -0.2) is 11.0 Å². The summed E-state index contributed by atoms with van der Waals surface area (Å²) in [6.07, 6.45) is 1.61. The molecule has 1 aromatic heterocycles. The first kappa shape index (κ1) is 12.7. The van der Waals surface area contributed by atoms with Gasteiger partial charge in [0.25, 0.3) is 6.43 Å². The van der Waals surface area contributed by atoms with Gasteiger partial charge < -0.3 is 5.32 Å². The van der Waals surface area contributed by atoms with Gasteiger partial charge in [0.2, 0.25) is 0 Å². The number of halogens is 2. The van der Waals surface area contributed by atoms with Gasteiger partial charge in [0.05, 0.1) is 6.04 Å². The maximum atomic E-state index is 12.8. The van der Waals surface area contributed by atoms with Crippen LogP contribution in [0.15, 0.2) is 35.8 Å². The van der Waals surface area contributed by atoms with Gasteiger partial charge in [-0.25, -0.2) is 13.8 Å². The molecule has 100 valence electrons. The monoisotopic (exact) mass is 280 g/mol. The predicted octanol–water partition coefficient (Wildman–Crippen LogP) is 3.92. The highest BCUT2D eigenvalue weighted by molar-refractivity contribution is 7.09. The van der Waals surface area contributed by atoms with Gasteiger partial charge in [-0.1, -0.05) is 18.2 Å². The van der Waals surface area contributed by atoms with Crippen LogP contribution < -0.4 is 5.32 Å². The van der Waals surface area contributed by atoms with Crippen molar-refractivity contribution in [3.05, 3.63) is 52.0 Å². The van der Waals surface area contributed by atoms with Crippen LogP contribution in [-0.2, 0) is 0 Å². The predicted molar refractivity (Wildman–Crippen MR) is 71.5 cm³/mol. The summed E-state index contributed by atoms with van der Waals surface area (Å²) < 4.78 is 25.6. The minimum Gasteiger partial charge on any atom is -0.301 e. The molecule has 1 fully saturated rings. The first-order valence-corrected chi connectivity index (χ1v) is 7.15. The lowest BCUT2D eigenvalue weighted by Gasteiger charge is -2.17. The second kappa shape index (κ2) is 5.35. The number of alkyl halides is 2. The molecule has 2 aromatic rings. The fraction of sp³-hybridized carbons (Fsp3) is 0.357. The van der Waals surface area contributed by atoms with Gasteiger partial charge >= 0.3 is 0 Å². The summed E-state index contributed by atoms with van der Waals surface area (Å²) in [6, 6.07) is 7.02. The molecule has 3 rings (SSSR count). The molecule has 1 saturated carbocycles. The molecule has 0 saturated heterocycles. The van der Waals surface area contributed by atoms with Crippen LogP contribution >= 0.6 is 11.3 Å². The Labute approximate surface area is 114 Å². The number of aromatic nitrogens is 1. The zero-order chi connectivity index (χ0) is 13.2. The van der Waals surface area contributed by atoms with Gasteiger partial charge in [-0.3, -0.25) is 0 Å². The third-order valence-electron chi connectivity index (χ3n) is 3.17. The second-order valence-corrected chi connectivity index (χ2v) is 5.64. The molecule has 1 unspecified atom stereocenters. The number of benzene rings is 1. The lowest BCUT2D eigenvalue weighted by Crippen LogP contribution is -2.24. The molecule has 19 heavy (non-hydrogen) atoms. The number of thiazole rings is 1. The van der Waals surface area contributed by atoms with E-state index in [2.05, 4.69) is 10.3 Å². The molecule has 0 bridgehead atoms. The van der Waals surface area contributed by atoms with Crippen LogP contribution in [0.5, 0.6) is 0 Å². The Morgan fingerprint density at radius 2 is 2.05 bits per heavy atom. The molecule has 5 heteroatoms. The molecule has 1 aromatic carbocycles. The second-order valence-electron chi connectivity index (χ2n) is 4.72. The van der Waals surface area contributed by atoms with Gasteiger partial charge in [-0.2, -0.15) is 0 Å². The molecule has 0 spiro atoms. The van der Waals surface area contributed by atoms with Crippen molar-refractivity contribution >= 4 is 11.3 Å². The summed E-state index contributed by atoms with van der Waals surface area (Å²) in [5.41, 5.74) is 0.927. The zero-order valence-electron chi connectivity index (χ0n) is 10.2. The lowest BCUT2D eigenvalue weighted by atomic mass is 10.0. The van der Waals surface area contributed by atoms with Gasteiger partial charge in [0.15, 0.2) is 0 Å². The van der Waals surface area contributed by atoms with E-state index in [1.165, 1.54) is 6.07 Å². The number of nitrogens with zero attached hydrogens (tertiary/aromatic N) is 1. The third kappa shape index (κ3) is 2.98. The highest BCUT2D eigenvalue weighted by Crippen LogP contribution is 2.31. The van der Waals surface area contributed by atoms with Crippen molar-refractivity contribution < 1.29 is 8.78 Å². The zero-order valence-corrected chi connectivity index (χ0v) is 11.0. The van der Waals surface area contributed by atoms with Crippen molar-refractivity contribution in [1.29, 1.82) is 0 Å². The Bertz CT molecular complexity index is 538. The van der Waals surface area contributed by atoms with E-state index < -0.39 is 6.43 Å². The number of hydrogen-bond donors (Lipinski definition) is 1. The normalized spacial score (nSPS) is 16.8. The Balaban J connectivity index is 1.92. The van der Waals surface area contributed by atoms with Crippen LogP contribution in [0.3, 0.4) is 0 Å². The third-order valence-corrected chi connectivity index (χ3v) is 4.01. The van der Waals surface area contributed by atoms with Crippen molar-refractivity contribution in [3.63, 3.8) is 0 Å². The van der Waals surface area contributed by atoms with E-state index >= 15 is 0 Å². The van der Waals surface area contributed by atoms with Crippen molar-refractivity contribution in [1.82, 2.24) is 10.3 Å². The topological polar surface area (TPSA) is 24.9 Å². The fourth-order valence-corrected chi connectivity index (χ4v) is 2.77. The molecule has 1 heterocycles. The summed E-state index contributed by atoms with van der Waals surface area (Å²) in [6.45, 7) is 0. The lowest BCUT2D eigenvalue weighted by molar-refractivity contribution is 0.151. The van der Waals surface area contributed by atoms with Crippen LogP contribution in [0.25, 0.3) is 0 Å². The van der Waals surface area contributed by atoms with Crippen molar-refractivity contribution in [2.75, 3.05) is 0 Å². The summed E-state index contributed by atoms with van der Waals surface area (Å²) in [4.78, 5) is 4.32. The van der Waals surface area contributed by atoms with Crippen molar-refractivity contribution in [2.24, 2.45) is 0 Å². The smallest absolute Gasteiger partial charge is 0.263 e. The maximum absolute atomic E-state index is 12.8. The molecule has 1 aliphatic rings. The van der Waals surface area contributed by atoms with Gasteiger partial charge in [-0.15, -0.1) is 11.3 Å². The molecular weight excluding hydrogens is 266 g/mol. The average Bonchev–Trinajstić information content (AvgIpc) is 3.08. The van der Waals surface area contributed by atoms with E-state index in [0.717, 1.165) is 23.4 Å². The summed E-state index contributed by atoms with van der Waals surface area (Å²) in [7, 11) is 0. The standard InChI is InChI=1S/C14H14F2N2S/c15-13(16)10-3-1-2-9(8-10)12(18-11-4-5-11)14-17-6-7-19-14/h1-3,6-8,11-13,18H,4-5H2. The van der Waals surface area contributed by atoms with E-state index in [9.17, 15) is 8.78 Å². The largest absolute Gasteiger partial charge is 0.301 e. The van der Waals surface area contributed by atoms with E-state index in [1.54, 1.807) is 29.7 Å². The van der Waals surface area contributed by atoms with Crippen LogP contribution in [0, 0.1) is 0 Å². The Hall–Kier alpha value is -1.33. The maximum Gasteiger partial charge on any atom is 0.263 e. The van der Waals surface area contributed by atoms with E-state index in [1.807, 2.05) is 11.4 Å². The minimum absolute atomic E-state index is 0.0663. The van der Waals surface area contributed by atoms with Crippen LogP contribution in [0.1, 0.15) is 41.4 Å². The number of rotatable bonds is 5. The van der Waals surface area contributed by atoms with Crippen molar-refractivity contribution in [2.45, 2.75) is 31.4 Å². The highest BCUT2D eigenvalue weighted by Gasteiger charge is 2.27. The van der Waals surface area contributed by atoms with Gasteiger partial charge in [0.1, 0.15) is 5.01 Å². The van der Waals surface area contributed by atoms with E-state index in [4.69, 9.17) is 0 Å². The van der Waals surface area contributed by atoms with Gasteiger partial charge in [-0.05, 0) is 24.5 Å². The van der Waals surface area contributed by atoms with Gasteiger partial charge in [0, 0.05) is 23.2 Å². The average molecular weight is 280 g/mol. The highest BCUT2D eigenvalue weighted by atomic mass is 32.1.